The second-order valence-corrected chi connectivity index (χ2v) is 5.20. The number of nitrogens with one attached hydrogen (secondary N) is 1. The number of hydrogen-bond donors (Lipinski definition) is 2. The molecule has 1 aliphatic rings. The third-order valence-corrected chi connectivity index (χ3v) is 3.57. The molecule has 0 bridgehead atoms. The van der Waals surface area contributed by atoms with Crippen LogP contribution in [0, 0.1) is 5.41 Å². The molecule has 1 aromatic heterocycles. The second kappa shape index (κ2) is 4.96. The number of nitrogens with two attached hydrogens (primary N) is 1. The van der Waals surface area contributed by atoms with Crippen molar-refractivity contribution in [3.05, 3.63) is 17.8 Å². The van der Waals surface area contributed by atoms with Crippen LogP contribution in [0.4, 0.5) is 5.82 Å². The SMILES string of the molecule is CCCC1(CNc2nnccc2C(N)=S)CC1. The van der Waals surface area contributed by atoms with Gasteiger partial charge in [0.2, 0.25) is 0 Å². The topological polar surface area (TPSA) is 63.8 Å². The molecule has 17 heavy (non-hydrogen) atoms. The van der Waals surface area contributed by atoms with Crippen molar-refractivity contribution in [3.63, 3.8) is 0 Å². The second-order valence-electron chi connectivity index (χ2n) is 4.76. The summed E-state index contributed by atoms with van der Waals surface area (Å²) in [6, 6.07) is 1.80. The minimum absolute atomic E-state index is 0.364. The van der Waals surface area contributed by atoms with E-state index in [1.165, 1.54) is 25.7 Å². The molecule has 1 saturated carbocycles. The summed E-state index contributed by atoms with van der Waals surface area (Å²) in [6.07, 6.45) is 6.71. The van der Waals surface area contributed by atoms with E-state index in [-0.39, 0.29) is 0 Å². The predicted molar refractivity (Wildman–Crippen MR) is 73.0 cm³/mol. The summed E-state index contributed by atoms with van der Waals surface area (Å²) in [5, 5.41) is 11.3. The first-order valence-corrected chi connectivity index (χ1v) is 6.43. The lowest BCUT2D eigenvalue weighted by Gasteiger charge is -2.16. The van der Waals surface area contributed by atoms with Gasteiger partial charge in [-0.05, 0) is 30.7 Å². The van der Waals surface area contributed by atoms with Crippen molar-refractivity contribution in [3.8, 4) is 0 Å². The van der Waals surface area contributed by atoms with E-state index >= 15 is 0 Å². The maximum absolute atomic E-state index is 5.65. The molecule has 4 nitrogen and oxygen atoms in total. The zero-order valence-electron chi connectivity index (χ0n) is 10.1. The van der Waals surface area contributed by atoms with E-state index < -0.39 is 0 Å². The Morgan fingerprint density at radius 1 is 1.59 bits per heavy atom. The van der Waals surface area contributed by atoms with Crippen molar-refractivity contribution >= 4 is 23.0 Å². The van der Waals surface area contributed by atoms with E-state index in [1.807, 2.05) is 0 Å². The first-order chi connectivity index (χ1) is 8.17. The van der Waals surface area contributed by atoms with Crippen LogP contribution in [0.25, 0.3) is 0 Å². The molecule has 0 radical (unpaired) electrons. The summed E-state index contributed by atoms with van der Waals surface area (Å²) in [7, 11) is 0. The Labute approximate surface area is 107 Å². The van der Waals surface area contributed by atoms with Crippen LogP contribution in [-0.2, 0) is 0 Å². The first kappa shape index (κ1) is 12.2. The van der Waals surface area contributed by atoms with Crippen LogP contribution in [0.5, 0.6) is 0 Å². The average Bonchev–Trinajstić information content (AvgIpc) is 3.08. The number of anilines is 1. The molecule has 0 atom stereocenters. The van der Waals surface area contributed by atoms with Crippen LogP contribution in [0.1, 0.15) is 38.2 Å². The standard InChI is InChI=1S/C12H18N4S/c1-2-4-12(5-6-12)8-14-11-9(10(13)17)3-7-15-16-11/h3,7H,2,4-6,8H2,1H3,(H2,13,17)(H,14,16). The molecule has 3 N–H and O–H groups in total. The smallest absolute Gasteiger partial charge is 0.158 e. The van der Waals surface area contributed by atoms with Gasteiger partial charge >= 0.3 is 0 Å². The molecule has 0 aliphatic heterocycles. The Bertz CT molecular complexity index is 415. The van der Waals surface area contributed by atoms with Gasteiger partial charge in [0.15, 0.2) is 5.82 Å². The number of aromatic nitrogens is 2. The molecule has 1 aliphatic carbocycles. The van der Waals surface area contributed by atoms with E-state index in [2.05, 4.69) is 22.4 Å². The van der Waals surface area contributed by atoms with Crippen LogP contribution in [0.3, 0.4) is 0 Å². The number of rotatable bonds is 6. The molecule has 1 heterocycles. The maximum Gasteiger partial charge on any atom is 0.158 e. The van der Waals surface area contributed by atoms with Gasteiger partial charge in [-0.1, -0.05) is 25.6 Å². The van der Waals surface area contributed by atoms with E-state index in [4.69, 9.17) is 18.0 Å². The Morgan fingerprint density at radius 3 is 2.94 bits per heavy atom. The van der Waals surface area contributed by atoms with E-state index in [9.17, 15) is 0 Å². The molecule has 0 unspecified atom stereocenters. The summed E-state index contributed by atoms with van der Waals surface area (Å²) >= 11 is 4.99. The summed E-state index contributed by atoms with van der Waals surface area (Å²) in [5.74, 6) is 0.711. The summed E-state index contributed by atoms with van der Waals surface area (Å²) in [4.78, 5) is 0.364. The number of hydrogen-bond acceptors (Lipinski definition) is 4. The lowest BCUT2D eigenvalue weighted by atomic mass is 10.0. The monoisotopic (exact) mass is 250 g/mol. The van der Waals surface area contributed by atoms with Crippen molar-refractivity contribution in [2.75, 3.05) is 11.9 Å². The average molecular weight is 250 g/mol. The molecule has 92 valence electrons. The molecule has 0 spiro atoms. The van der Waals surface area contributed by atoms with Gasteiger partial charge in [-0.2, -0.15) is 5.10 Å². The zero-order valence-corrected chi connectivity index (χ0v) is 10.9. The van der Waals surface area contributed by atoms with Crippen LogP contribution in [-0.4, -0.2) is 21.7 Å². The molecule has 0 aromatic carbocycles. The number of nitrogens with zero attached hydrogens (tertiary/aromatic N) is 2. The minimum atomic E-state index is 0.364. The van der Waals surface area contributed by atoms with Gasteiger partial charge in [-0.25, -0.2) is 0 Å². The molecular formula is C12H18N4S. The van der Waals surface area contributed by atoms with E-state index in [0.717, 1.165) is 12.1 Å². The Kier molecular flexibility index (Phi) is 3.57. The maximum atomic E-state index is 5.65. The van der Waals surface area contributed by atoms with Crippen LogP contribution in [0.15, 0.2) is 12.3 Å². The molecule has 1 fully saturated rings. The Hall–Kier alpha value is -1.23. The van der Waals surface area contributed by atoms with Crippen LogP contribution >= 0.6 is 12.2 Å². The number of thiocarbonyl (C=S) groups is 1. The van der Waals surface area contributed by atoms with Crippen molar-refractivity contribution in [1.82, 2.24) is 10.2 Å². The fraction of sp³-hybridized carbons (Fsp3) is 0.583. The van der Waals surface area contributed by atoms with Gasteiger partial charge in [0.25, 0.3) is 0 Å². The predicted octanol–water partition coefficient (Wildman–Crippen LogP) is 2.10. The molecular weight excluding hydrogens is 232 g/mol. The summed E-state index contributed by atoms with van der Waals surface area (Å²) < 4.78 is 0. The largest absolute Gasteiger partial charge is 0.389 e. The highest BCUT2D eigenvalue weighted by molar-refractivity contribution is 7.80. The summed E-state index contributed by atoms with van der Waals surface area (Å²) in [6.45, 7) is 3.16. The van der Waals surface area contributed by atoms with Gasteiger partial charge in [-0.15, -0.1) is 5.10 Å². The highest BCUT2D eigenvalue weighted by atomic mass is 32.1. The van der Waals surface area contributed by atoms with Crippen molar-refractivity contribution < 1.29 is 0 Å². The Balaban J connectivity index is 2.02. The van der Waals surface area contributed by atoms with Crippen molar-refractivity contribution in [2.24, 2.45) is 11.1 Å². The quantitative estimate of drug-likeness (QED) is 0.757. The van der Waals surface area contributed by atoms with Crippen LogP contribution < -0.4 is 11.1 Å². The molecule has 2 rings (SSSR count). The highest BCUT2D eigenvalue weighted by Gasteiger charge is 2.41. The van der Waals surface area contributed by atoms with Crippen molar-refractivity contribution in [2.45, 2.75) is 32.6 Å². The highest BCUT2D eigenvalue weighted by Crippen LogP contribution is 2.49. The fourth-order valence-electron chi connectivity index (χ4n) is 2.15. The van der Waals surface area contributed by atoms with Gasteiger partial charge in [-0.3, -0.25) is 0 Å². The lowest BCUT2D eigenvalue weighted by Crippen LogP contribution is -2.20. The van der Waals surface area contributed by atoms with Gasteiger partial charge in [0, 0.05) is 6.54 Å². The van der Waals surface area contributed by atoms with E-state index in [1.54, 1.807) is 12.3 Å². The van der Waals surface area contributed by atoms with Gasteiger partial charge in [0.05, 0.1) is 11.8 Å². The Morgan fingerprint density at radius 2 is 2.35 bits per heavy atom. The van der Waals surface area contributed by atoms with Crippen molar-refractivity contribution in [1.29, 1.82) is 0 Å². The molecule has 1 aromatic rings. The van der Waals surface area contributed by atoms with Gasteiger partial charge in [0.1, 0.15) is 4.99 Å². The molecule has 0 saturated heterocycles. The van der Waals surface area contributed by atoms with E-state index in [0.29, 0.717) is 16.2 Å². The summed E-state index contributed by atoms with van der Waals surface area (Å²) in [5.41, 5.74) is 6.90. The minimum Gasteiger partial charge on any atom is -0.389 e. The zero-order chi connectivity index (χ0) is 12.3. The normalized spacial score (nSPS) is 16.5. The first-order valence-electron chi connectivity index (χ1n) is 6.02. The van der Waals surface area contributed by atoms with Crippen LogP contribution in [0.2, 0.25) is 0 Å². The third-order valence-electron chi connectivity index (χ3n) is 3.35. The third kappa shape index (κ3) is 2.91. The molecule has 5 heteroatoms. The molecule has 0 amide bonds. The fourth-order valence-corrected chi connectivity index (χ4v) is 2.32. The van der Waals surface area contributed by atoms with Gasteiger partial charge < -0.3 is 11.1 Å². The lowest BCUT2D eigenvalue weighted by molar-refractivity contribution is 0.485.